The Morgan fingerprint density at radius 2 is 1.75 bits per heavy atom. The van der Waals surface area contributed by atoms with Gasteiger partial charge in [-0.15, -0.1) is 0 Å². The van der Waals surface area contributed by atoms with Crippen molar-refractivity contribution in [2.45, 2.75) is 44.9 Å². The highest BCUT2D eigenvalue weighted by molar-refractivity contribution is 5.25. The summed E-state index contributed by atoms with van der Waals surface area (Å²) in [5.41, 5.74) is 1.06. The third kappa shape index (κ3) is 3.49. The van der Waals surface area contributed by atoms with Gasteiger partial charge >= 0.3 is 0 Å². The van der Waals surface area contributed by atoms with Crippen molar-refractivity contribution in [3.8, 4) is 5.75 Å². The number of aliphatic hydroxyl groups is 2. The molecule has 1 aromatic carbocycles. The Hall–Kier alpha value is -1.14. The summed E-state index contributed by atoms with van der Waals surface area (Å²) in [5.74, 6) is -0.0362. The zero-order valence-corrected chi connectivity index (χ0v) is 11.8. The minimum atomic E-state index is -0.873. The van der Waals surface area contributed by atoms with Gasteiger partial charge in [-0.2, -0.15) is 0 Å². The number of rotatable bonds is 4. The summed E-state index contributed by atoms with van der Waals surface area (Å²) in [5, 5.41) is 28.8. The maximum atomic E-state index is 9.90. The summed E-state index contributed by atoms with van der Waals surface area (Å²) in [6.45, 7) is 3.97. The normalized spacial score (nSPS) is 34.1. The molecule has 112 valence electrons. The molecular weight excluding hydrogens is 260 g/mol. The van der Waals surface area contributed by atoms with Crippen LogP contribution in [0.2, 0.25) is 0 Å². The number of hydrogen-bond acceptors (Lipinski definition) is 5. The fraction of sp³-hybridized carbons (Fsp3) is 0.600. The van der Waals surface area contributed by atoms with Crippen LogP contribution in [-0.4, -0.2) is 46.5 Å². The third-order valence-corrected chi connectivity index (χ3v) is 3.76. The molecule has 5 atom stereocenters. The van der Waals surface area contributed by atoms with Crippen molar-refractivity contribution in [3.05, 3.63) is 29.8 Å². The fourth-order valence-electron chi connectivity index (χ4n) is 2.31. The van der Waals surface area contributed by atoms with Crippen molar-refractivity contribution < 1.29 is 24.8 Å². The highest BCUT2D eigenvalue weighted by Crippen LogP contribution is 2.26. The van der Waals surface area contributed by atoms with Gasteiger partial charge in [0.05, 0.1) is 18.8 Å². The van der Waals surface area contributed by atoms with Gasteiger partial charge in [-0.3, -0.25) is 0 Å². The molecule has 5 heteroatoms. The largest absolute Gasteiger partial charge is 0.508 e. The van der Waals surface area contributed by atoms with Crippen molar-refractivity contribution in [1.82, 2.24) is 0 Å². The Morgan fingerprint density at radius 1 is 1.10 bits per heavy atom. The topological polar surface area (TPSA) is 79.2 Å². The SMILES string of the molecule is C[C@H]1[C@@H](OCCc2ccc(O)cc2)O[C@H](C)[C@@H](O)[C@@H]1O. The highest BCUT2D eigenvalue weighted by Gasteiger charge is 2.40. The number of aliphatic hydroxyl groups excluding tert-OH is 2. The van der Waals surface area contributed by atoms with Crippen LogP contribution in [0.5, 0.6) is 5.75 Å². The van der Waals surface area contributed by atoms with Gasteiger partial charge in [0.25, 0.3) is 0 Å². The van der Waals surface area contributed by atoms with E-state index >= 15 is 0 Å². The van der Waals surface area contributed by atoms with E-state index in [4.69, 9.17) is 9.47 Å². The Kier molecular flexibility index (Phi) is 4.99. The molecule has 0 amide bonds. The first-order valence-electron chi connectivity index (χ1n) is 6.90. The average molecular weight is 282 g/mol. The second kappa shape index (κ2) is 6.54. The lowest BCUT2D eigenvalue weighted by molar-refractivity contribution is -0.272. The van der Waals surface area contributed by atoms with Gasteiger partial charge in [0, 0.05) is 5.92 Å². The van der Waals surface area contributed by atoms with Gasteiger partial charge in [0.2, 0.25) is 0 Å². The van der Waals surface area contributed by atoms with Gasteiger partial charge in [0.1, 0.15) is 11.9 Å². The summed E-state index contributed by atoms with van der Waals surface area (Å²) in [6.07, 6.45) is -1.97. The molecular formula is C15H22O5. The predicted octanol–water partition coefficient (Wildman–Crippen LogP) is 1.05. The zero-order valence-electron chi connectivity index (χ0n) is 11.8. The van der Waals surface area contributed by atoms with Crippen LogP contribution in [0.4, 0.5) is 0 Å². The van der Waals surface area contributed by atoms with E-state index in [9.17, 15) is 15.3 Å². The van der Waals surface area contributed by atoms with E-state index in [0.717, 1.165) is 5.56 Å². The second-order valence-corrected chi connectivity index (χ2v) is 5.34. The molecule has 0 radical (unpaired) electrons. The second-order valence-electron chi connectivity index (χ2n) is 5.34. The summed E-state index contributed by atoms with van der Waals surface area (Å²) in [6, 6.07) is 6.95. The summed E-state index contributed by atoms with van der Waals surface area (Å²) < 4.78 is 11.2. The molecule has 1 aromatic rings. The van der Waals surface area contributed by atoms with Crippen molar-refractivity contribution in [2.24, 2.45) is 5.92 Å². The van der Waals surface area contributed by atoms with E-state index in [1.54, 1.807) is 26.0 Å². The van der Waals surface area contributed by atoms with Crippen LogP contribution in [0, 0.1) is 5.92 Å². The Balaban J connectivity index is 1.83. The zero-order chi connectivity index (χ0) is 14.7. The molecule has 20 heavy (non-hydrogen) atoms. The maximum Gasteiger partial charge on any atom is 0.163 e. The smallest absolute Gasteiger partial charge is 0.163 e. The lowest BCUT2D eigenvalue weighted by Gasteiger charge is -2.40. The molecule has 0 unspecified atom stereocenters. The average Bonchev–Trinajstić information content (AvgIpc) is 2.44. The lowest BCUT2D eigenvalue weighted by atomic mass is 9.93. The molecule has 1 fully saturated rings. The standard InChI is InChI=1S/C15H22O5/c1-9-13(17)14(18)10(2)20-15(9)19-8-7-11-3-5-12(16)6-4-11/h3-6,9-10,13-18H,7-8H2,1-2H3/t9-,10-,13-,14-,15+/m1/s1. The van der Waals surface area contributed by atoms with E-state index in [1.807, 2.05) is 12.1 Å². The summed E-state index contributed by atoms with van der Waals surface area (Å²) in [4.78, 5) is 0. The van der Waals surface area contributed by atoms with Gasteiger partial charge in [-0.05, 0) is 31.0 Å². The number of aromatic hydroxyl groups is 1. The van der Waals surface area contributed by atoms with Crippen molar-refractivity contribution >= 4 is 0 Å². The van der Waals surface area contributed by atoms with Crippen LogP contribution < -0.4 is 0 Å². The molecule has 1 saturated heterocycles. The van der Waals surface area contributed by atoms with E-state index in [0.29, 0.717) is 13.0 Å². The minimum absolute atomic E-state index is 0.241. The Bertz CT molecular complexity index is 419. The maximum absolute atomic E-state index is 9.90. The van der Waals surface area contributed by atoms with E-state index in [2.05, 4.69) is 0 Å². The van der Waals surface area contributed by atoms with Crippen LogP contribution in [0.15, 0.2) is 24.3 Å². The first-order chi connectivity index (χ1) is 9.49. The Labute approximate surface area is 118 Å². The van der Waals surface area contributed by atoms with E-state index in [1.165, 1.54) is 0 Å². The molecule has 0 bridgehead atoms. The monoisotopic (exact) mass is 282 g/mol. The van der Waals surface area contributed by atoms with Gasteiger partial charge in [0.15, 0.2) is 6.29 Å². The first kappa shape index (κ1) is 15.3. The van der Waals surface area contributed by atoms with Crippen LogP contribution in [0.25, 0.3) is 0 Å². The molecule has 1 aliphatic rings. The summed E-state index contributed by atoms with van der Waals surface area (Å²) in [7, 11) is 0. The number of ether oxygens (including phenoxy) is 2. The molecule has 1 aliphatic heterocycles. The number of phenols is 1. The number of phenolic OH excluding ortho intramolecular Hbond substituents is 1. The van der Waals surface area contributed by atoms with Crippen molar-refractivity contribution in [3.63, 3.8) is 0 Å². The van der Waals surface area contributed by atoms with E-state index < -0.39 is 24.6 Å². The fourth-order valence-corrected chi connectivity index (χ4v) is 2.31. The van der Waals surface area contributed by atoms with Gasteiger partial charge in [-0.25, -0.2) is 0 Å². The molecule has 0 aromatic heterocycles. The van der Waals surface area contributed by atoms with Crippen LogP contribution >= 0.6 is 0 Å². The quantitative estimate of drug-likeness (QED) is 0.769. The van der Waals surface area contributed by atoms with Crippen molar-refractivity contribution in [2.75, 3.05) is 6.61 Å². The Morgan fingerprint density at radius 3 is 2.40 bits per heavy atom. The predicted molar refractivity (Wildman–Crippen MR) is 73.3 cm³/mol. The molecule has 0 aliphatic carbocycles. The first-order valence-corrected chi connectivity index (χ1v) is 6.90. The lowest BCUT2D eigenvalue weighted by Crippen LogP contribution is -2.53. The van der Waals surface area contributed by atoms with Gasteiger partial charge in [-0.1, -0.05) is 19.1 Å². The number of hydrogen-bond donors (Lipinski definition) is 3. The van der Waals surface area contributed by atoms with E-state index in [-0.39, 0.29) is 11.7 Å². The highest BCUT2D eigenvalue weighted by atomic mass is 16.7. The molecule has 0 saturated carbocycles. The van der Waals surface area contributed by atoms with Crippen LogP contribution in [0.3, 0.4) is 0 Å². The molecule has 5 nitrogen and oxygen atoms in total. The summed E-state index contributed by atoms with van der Waals surface area (Å²) >= 11 is 0. The minimum Gasteiger partial charge on any atom is -0.508 e. The van der Waals surface area contributed by atoms with Gasteiger partial charge < -0.3 is 24.8 Å². The molecule has 3 N–H and O–H groups in total. The molecule has 1 heterocycles. The van der Waals surface area contributed by atoms with Crippen molar-refractivity contribution in [1.29, 1.82) is 0 Å². The molecule has 0 spiro atoms. The number of benzene rings is 1. The van der Waals surface area contributed by atoms with Crippen LogP contribution in [-0.2, 0) is 15.9 Å². The molecule has 2 rings (SSSR count). The third-order valence-electron chi connectivity index (χ3n) is 3.76. The van der Waals surface area contributed by atoms with Crippen LogP contribution in [0.1, 0.15) is 19.4 Å².